The second kappa shape index (κ2) is 5.89. The lowest BCUT2D eigenvalue weighted by Gasteiger charge is -2.35. The Balaban J connectivity index is 2.41. The Labute approximate surface area is 95.3 Å². The lowest BCUT2D eigenvalue weighted by atomic mass is 9.73. The van der Waals surface area contributed by atoms with E-state index < -0.39 is 0 Å². The van der Waals surface area contributed by atoms with Crippen molar-refractivity contribution in [3.8, 4) is 0 Å². The molecule has 1 aliphatic carbocycles. The van der Waals surface area contributed by atoms with Crippen molar-refractivity contribution in [2.24, 2.45) is 23.7 Å². The summed E-state index contributed by atoms with van der Waals surface area (Å²) in [6.07, 6.45) is 6.08. The lowest BCUT2D eigenvalue weighted by Crippen LogP contribution is -2.30. The first-order valence-electron chi connectivity index (χ1n) is 6.67. The SMILES string of the molecule is CC(C)CC1CCC(O)C(CC(C)C)C1. The average Bonchev–Trinajstić information content (AvgIpc) is 2.09. The maximum absolute atomic E-state index is 9.97. The van der Waals surface area contributed by atoms with Crippen molar-refractivity contribution in [1.29, 1.82) is 0 Å². The van der Waals surface area contributed by atoms with Crippen molar-refractivity contribution in [1.82, 2.24) is 0 Å². The molecule has 0 radical (unpaired) electrons. The number of rotatable bonds is 4. The zero-order valence-electron chi connectivity index (χ0n) is 10.9. The Morgan fingerprint density at radius 3 is 2.13 bits per heavy atom. The molecular weight excluding hydrogens is 184 g/mol. The van der Waals surface area contributed by atoms with Gasteiger partial charge in [0.2, 0.25) is 0 Å². The normalized spacial score (nSPS) is 32.6. The van der Waals surface area contributed by atoms with E-state index >= 15 is 0 Å². The van der Waals surface area contributed by atoms with Crippen molar-refractivity contribution in [3.05, 3.63) is 0 Å². The standard InChI is InChI=1S/C14H28O/c1-10(2)7-12-5-6-14(15)13(9-12)8-11(3)4/h10-15H,5-9H2,1-4H3. The third-order valence-corrected chi connectivity index (χ3v) is 3.63. The predicted octanol–water partition coefficient (Wildman–Crippen LogP) is 3.86. The van der Waals surface area contributed by atoms with Crippen LogP contribution in [0, 0.1) is 23.7 Å². The van der Waals surface area contributed by atoms with Crippen LogP contribution in [0.4, 0.5) is 0 Å². The fraction of sp³-hybridized carbons (Fsp3) is 1.00. The molecule has 3 unspecified atom stereocenters. The zero-order valence-corrected chi connectivity index (χ0v) is 10.9. The van der Waals surface area contributed by atoms with E-state index in [1.165, 1.54) is 25.7 Å². The maximum atomic E-state index is 9.97. The Morgan fingerprint density at radius 2 is 1.60 bits per heavy atom. The molecule has 15 heavy (non-hydrogen) atoms. The Morgan fingerprint density at radius 1 is 1.00 bits per heavy atom. The quantitative estimate of drug-likeness (QED) is 0.750. The second-order valence-corrected chi connectivity index (χ2v) is 6.27. The summed E-state index contributed by atoms with van der Waals surface area (Å²) in [5, 5.41) is 9.97. The van der Waals surface area contributed by atoms with Crippen molar-refractivity contribution < 1.29 is 5.11 Å². The van der Waals surface area contributed by atoms with E-state index in [0.29, 0.717) is 5.92 Å². The number of hydrogen-bond donors (Lipinski definition) is 1. The molecule has 0 aromatic carbocycles. The molecule has 0 spiro atoms. The first kappa shape index (κ1) is 13.0. The largest absolute Gasteiger partial charge is 0.393 e. The Bertz CT molecular complexity index is 174. The highest BCUT2D eigenvalue weighted by atomic mass is 16.3. The molecule has 0 amide bonds. The molecule has 0 saturated heterocycles. The summed E-state index contributed by atoms with van der Waals surface area (Å²) < 4.78 is 0. The summed E-state index contributed by atoms with van der Waals surface area (Å²) in [5.74, 6) is 2.98. The summed E-state index contributed by atoms with van der Waals surface area (Å²) in [5.41, 5.74) is 0. The summed E-state index contributed by atoms with van der Waals surface area (Å²) >= 11 is 0. The minimum absolute atomic E-state index is 0.0178. The Hall–Kier alpha value is -0.0400. The van der Waals surface area contributed by atoms with Gasteiger partial charge in [0.1, 0.15) is 0 Å². The molecular formula is C14H28O. The molecule has 1 fully saturated rings. The molecule has 1 nitrogen and oxygen atoms in total. The van der Waals surface area contributed by atoms with Gasteiger partial charge in [-0.2, -0.15) is 0 Å². The topological polar surface area (TPSA) is 20.2 Å². The predicted molar refractivity (Wildman–Crippen MR) is 65.7 cm³/mol. The van der Waals surface area contributed by atoms with E-state index in [1.807, 2.05) is 0 Å². The number of hydrogen-bond acceptors (Lipinski definition) is 1. The molecule has 1 aliphatic rings. The molecule has 90 valence electrons. The summed E-state index contributed by atoms with van der Waals surface area (Å²) in [6.45, 7) is 9.14. The molecule has 0 aromatic heterocycles. The van der Waals surface area contributed by atoms with Crippen molar-refractivity contribution in [3.63, 3.8) is 0 Å². The van der Waals surface area contributed by atoms with Gasteiger partial charge in [-0.25, -0.2) is 0 Å². The first-order valence-corrected chi connectivity index (χ1v) is 6.67. The van der Waals surface area contributed by atoms with Crippen LogP contribution < -0.4 is 0 Å². The minimum atomic E-state index is -0.0178. The average molecular weight is 212 g/mol. The minimum Gasteiger partial charge on any atom is -0.393 e. The maximum Gasteiger partial charge on any atom is 0.0568 e. The monoisotopic (exact) mass is 212 g/mol. The van der Waals surface area contributed by atoms with Gasteiger partial charge < -0.3 is 5.11 Å². The number of aliphatic hydroxyl groups excluding tert-OH is 1. The van der Waals surface area contributed by atoms with E-state index in [-0.39, 0.29) is 6.10 Å². The fourth-order valence-electron chi connectivity index (χ4n) is 3.08. The van der Waals surface area contributed by atoms with Gasteiger partial charge in [-0.15, -0.1) is 0 Å². The Kier molecular flexibility index (Phi) is 5.11. The van der Waals surface area contributed by atoms with Crippen LogP contribution in [0.2, 0.25) is 0 Å². The first-order chi connectivity index (χ1) is 6.99. The molecule has 3 atom stereocenters. The molecule has 1 N–H and O–H groups in total. The number of aliphatic hydroxyl groups is 1. The van der Waals surface area contributed by atoms with Crippen molar-refractivity contribution in [2.45, 2.75) is 65.9 Å². The van der Waals surface area contributed by atoms with Crippen molar-refractivity contribution >= 4 is 0 Å². The van der Waals surface area contributed by atoms with Gasteiger partial charge in [-0.05, 0) is 55.8 Å². The van der Waals surface area contributed by atoms with Crippen LogP contribution in [0.25, 0.3) is 0 Å². The molecule has 1 heteroatoms. The van der Waals surface area contributed by atoms with E-state index in [9.17, 15) is 5.11 Å². The van der Waals surface area contributed by atoms with E-state index in [1.54, 1.807) is 0 Å². The third-order valence-electron chi connectivity index (χ3n) is 3.63. The van der Waals surface area contributed by atoms with Gasteiger partial charge in [-0.1, -0.05) is 27.7 Å². The molecule has 1 saturated carbocycles. The van der Waals surface area contributed by atoms with Gasteiger partial charge in [0, 0.05) is 0 Å². The van der Waals surface area contributed by atoms with Crippen LogP contribution in [0.15, 0.2) is 0 Å². The van der Waals surface area contributed by atoms with Crippen LogP contribution in [0.3, 0.4) is 0 Å². The molecule has 0 aromatic rings. The highest BCUT2D eigenvalue weighted by molar-refractivity contribution is 4.80. The van der Waals surface area contributed by atoms with Gasteiger partial charge >= 0.3 is 0 Å². The van der Waals surface area contributed by atoms with Crippen LogP contribution in [-0.4, -0.2) is 11.2 Å². The van der Waals surface area contributed by atoms with E-state index in [0.717, 1.165) is 24.2 Å². The van der Waals surface area contributed by atoms with Crippen LogP contribution >= 0.6 is 0 Å². The van der Waals surface area contributed by atoms with Gasteiger partial charge in [0.05, 0.1) is 6.10 Å². The second-order valence-electron chi connectivity index (χ2n) is 6.27. The van der Waals surface area contributed by atoms with Crippen LogP contribution in [-0.2, 0) is 0 Å². The van der Waals surface area contributed by atoms with Gasteiger partial charge in [-0.3, -0.25) is 0 Å². The molecule has 1 rings (SSSR count). The lowest BCUT2D eigenvalue weighted by molar-refractivity contribution is 0.0334. The molecule has 0 bridgehead atoms. The van der Waals surface area contributed by atoms with Gasteiger partial charge in [0.25, 0.3) is 0 Å². The molecule has 0 aliphatic heterocycles. The summed E-state index contributed by atoms with van der Waals surface area (Å²) in [4.78, 5) is 0. The van der Waals surface area contributed by atoms with E-state index in [4.69, 9.17) is 0 Å². The summed E-state index contributed by atoms with van der Waals surface area (Å²) in [7, 11) is 0. The smallest absolute Gasteiger partial charge is 0.0568 e. The molecule has 0 heterocycles. The highest BCUT2D eigenvalue weighted by Crippen LogP contribution is 2.36. The van der Waals surface area contributed by atoms with E-state index in [2.05, 4.69) is 27.7 Å². The van der Waals surface area contributed by atoms with Crippen molar-refractivity contribution in [2.75, 3.05) is 0 Å². The van der Waals surface area contributed by atoms with Gasteiger partial charge in [0.15, 0.2) is 0 Å². The zero-order chi connectivity index (χ0) is 11.4. The highest BCUT2D eigenvalue weighted by Gasteiger charge is 2.29. The van der Waals surface area contributed by atoms with Crippen LogP contribution in [0.1, 0.15) is 59.8 Å². The third kappa shape index (κ3) is 4.55. The fourth-order valence-corrected chi connectivity index (χ4v) is 3.08. The van der Waals surface area contributed by atoms with Crippen LogP contribution in [0.5, 0.6) is 0 Å². The summed E-state index contributed by atoms with van der Waals surface area (Å²) in [6, 6.07) is 0.